The highest BCUT2D eigenvalue weighted by Crippen LogP contribution is 2.25. The van der Waals surface area contributed by atoms with Gasteiger partial charge in [-0.1, -0.05) is 30.3 Å². The van der Waals surface area contributed by atoms with E-state index in [1.165, 1.54) is 0 Å². The van der Waals surface area contributed by atoms with Crippen molar-refractivity contribution >= 4 is 10.1 Å². The zero-order valence-corrected chi connectivity index (χ0v) is 11.9. The summed E-state index contributed by atoms with van der Waals surface area (Å²) in [6, 6.07) is 10.1. The second-order valence-electron chi connectivity index (χ2n) is 5.00. The largest absolute Gasteiger partial charge is 0.374 e. The van der Waals surface area contributed by atoms with E-state index in [4.69, 9.17) is 8.92 Å². The van der Waals surface area contributed by atoms with Gasteiger partial charge in [0.2, 0.25) is 0 Å². The van der Waals surface area contributed by atoms with E-state index in [9.17, 15) is 8.42 Å². The molecular formula is C14H20O4S. The molecule has 106 valence electrons. The summed E-state index contributed by atoms with van der Waals surface area (Å²) < 4.78 is 32.9. The normalized spacial score (nSPS) is 24.3. The molecule has 1 aliphatic rings. The molecule has 5 heteroatoms. The van der Waals surface area contributed by atoms with Crippen LogP contribution < -0.4 is 0 Å². The Labute approximate surface area is 114 Å². The first-order chi connectivity index (χ1) is 9.03. The van der Waals surface area contributed by atoms with Crippen molar-refractivity contribution in [2.45, 2.75) is 44.5 Å². The summed E-state index contributed by atoms with van der Waals surface area (Å²) in [6.45, 7) is 0.614. The zero-order valence-electron chi connectivity index (χ0n) is 11.1. The van der Waals surface area contributed by atoms with E-state index < -0.39 is 10.1 Å². The van der Waals surface area contributed by atoms with Gasteiger partial charge < -0.3 is 4.74 Å². The van der Waals surface area contributed by atoms with E-state index in [0.717, 1.165) is 37.5 Å². The first-order valence-corrected chi connectivity index (χ1v) is 8.38. The van der Waals surface area contributed by atoms with E-state index in [-0.39, 0.29) is 12.2 Å². The number of hydrogen-bond donors (Lipinski definition) is 0. The first-order valence-electron chi connectivity index (χ1n) is 6.57. The van der Waals surface area contributed by atoms with Crippen molar-refractivity contribution in [2.24, 2.45) is 0 Å². The van der Waals surface area contributed by atoms with Gasteiger partial charge in [-0.2, -0.15) is 8.42 Å². The Bertz CT molecular complexity index is 475. The lowest BCUT2D eigenvalue weighted by Gasteiger charge is -2.27. The molecule has 4 nitrogen and oxygen atoms in total. The molecule has 1 aromatic carbocycles. The lowest BCUT2D eigenvalue weighted by molar-refractivity contribution is -0.00541. The average Bonchev–Trinajstić information content (AvgIpc) is 2.37. The maximum atomic E-state index is 11.0. The predicted molar refractivity (Wildman–Crippen MR) is 73.2 cm³/mol. The van der Waals surface area contributed by atoms with Gasteiger partial charge in [0.1, 0.15) is 0 Å². The topological polar surface area (TPSA) is 52.6 Å². The lowest BCUT2D eigenvalue weighted by atomic mass is 9.95. The highest BCUT2D eigenvalue weighted by atomic mass is 32.2. The van der Waals surface area contributed by atoms with Gasteiger partial charge in [-0.25, -0.2) is 0 Å². The molecule has 0 unspecified atom stereocenters. The molecule has 1 aromatic rings. The SMILES string of the molecule is CS(=O)(=O)OC1CCC(OCc2ccccc2)CC1. The van der Waals surface area contributed by atoms with Gasteiger partial charge in [-0.05, 0) is 31.2 Å². The van der Waals surface area contributed by atoms with Gasteiger partial charge in [-0.3, -0.25) is 4.18 Å². The van der Waals surface area contributed by atoms with Gasteiger partial charge in [-0.15, -0.1) is 0 Å². The molecule has 1 aliphatic carbocycles. The number of benzene rings is 1. The molecule has 0 amide bonds. The Hall–Kier alpha value is -0.910. The van der Waals surface area contributed by atoms with Gasteiger partial charge >= 0.3 is 0 Å². The van der Waals surface area contributed by atoms with Crippen LogP contribution in [0.3, 0.4) is 0 Å². The maximum absolute atomic E-state index is 11.0. The van der Waals surface area contributed by atoms with Crippen molar-refractivity contribution in [2.75, 3.05) is 6.26 Å². The molecule has 0 aromatic heterocycles. The summed E-state index contributed by atoms with van der Waals surface area (Å²) in [5, 5.41) is 0. The van der Waals surface area contributed by atoms with Crippen molar-refractivity contribution in [1.82, 2.24) is 0 Å². The Balaban J connectivity index is 1.72. The third kappa shape index (κ3) is 5.30. The van der Waals surface area contributed by atoms with Crippen LogP contribution in [-0.4, -0.2) is 26.9 Å². The molecule has 0 N–H and O–H groups in total. The van der Waals surface area contributed by atoms with Crippen LogP contribution in [0.2, 0.25) is 0 Å². The van der Waals surface area contributed by atoms with E-state index in [0.29, 0.717) is 6.61 Å². The van der Waals surface area contributed by atoms with Crippen LogP contribution in [0.25, 0.3) is 0 Å². The molecule has 0 aliphatic heterocycles. The molecule has 2 rings (SSSR count). The average molecular weight is 284 g/mol. The summed E-state index contributed by atoms with van der Waals surface area (Å²) in [6.07, 6.45) is 4.33. The van der Waals surface area contributed by atoms with Gasteiger partial charge in [0.05, 0.1) is 25.1 Å². The minimum Gasteiger partial charge on any atom is -0.374 e. The van der Waals surface area contributed by atoms with Crippen molar-refractivity contribution in [3.05, 3.63) is 35.9 Å². The molecular weight excluding hydrogens is 264 g/mol. The fourth-order valence-electron chi connectivity index (χ4n) is 2.33. The molecule has 0 bridgehead atoms. The predicted octanol–water partition coefficient (Wildman–Crippen LogP) is 2.49. The Morgan fingerprint density at radius 2 is 1.63 bits per heavy atom. The summed E-state index contributed by atoms with van der Waals surface area (Å²) in [4.78, 5) is 0. The fourth-order valence-corrected chi connectivity index (χ4v) is 3.02. The molecule has 0 heterocycles. The van der Waals surface area contributed by atoms with Crippen molar-refractivity contribution in [3.63, 3.8) is 0 Å². The summed E-state index contributed by atoms with van der Waals surface area (Å²) >= 11 is 0. The zero-order chi connectivity index (χ0) is 13.7. The fraction of sp³-hybridized carbons (Fsp3) is 0.571. The first kappa shape index (κ1) is 14.5. The van der Waals surface area contributed by atoms with Crippen LogP contribution in [-0.2, 0) is 25.6 Å². The van der Waals surface area contributed by atoms with E-state index >= 15 is 0 Å². The number of ether oxygens (including phenoxy) is 1. The molecule has 0 atom stereocenters. The monoisotopic (exact) mass is 284 g/mol. The van der Waals surface area contributed by atoms with Crippen LogP contribution in [0.4, 0.5) is 0 Å². The molecule has 0 radical (unpaired) electrons. The van der Waals surface area contributed by atoms with Crippen LogP contribution in [0, 0.1) is 0 Å². The van der Waals surface area contributed by atoms with Crippen molar-refractivity contribution in [3.8, 4) is 0 Å². The lowest BCUT2D eigenvalue weighted by Crippen LogP contribution is -2.28. The highest BCUT2D eigenvalue weighted by molar-refractivity contribution is 7.86. The van der Waals surface area contributed by atoms with E-state index in [1.807, 2.05) is 30.3 Å². The second kappa shape index (κ2) is 6.50. The summed E-state index contributed by atoms with van der Waals surface area (Å²) in [5.41, 5.74) is 1.16. The quantitative estimate of drug-likeness (QED) is 0.780. The van der Waals surface area contributed by atoms with Crippen LogP contribution in [0.15, 0.2) is 30.3 Å². The molecule has 0 saturated heterocycles. The van der Waals surface area contributed by atoms with Crippen molar-refractivity contribution in [1.29, 1.82) is 0 Å². The number of hydrogen-bond acceptors (Lipinski definition) is 4. The van der Waals surface area contributed by atoms with Crippen molar-refractivity contribution < 1.29 is 17.3 Å². The minimum atomic E-state index is -3.34. The van der Waals surface area contributed by atoms with Gasteiger partial charge in [0.25, 0.3) is 10.1 Å². The highest BCUT2D eigenvalue weighted by Gasteiger charge is 2.24. The molecule has 1 fully saturated rings. The Morgan fingerprint density at radius 3 is 2.21 bits per heavy atom. The standard InChI is InChI=1S/C14H20O4S/c1-19(15,16)18-14-9-7-13(8-10-14)17-11-12-5-3-2-4-6-12/h2-6,13-14H,7-11H2,1H3. The molecule has 0 spiro atoms. The second-order valence-corrected chi connectivity index (χ2v) is 6.60. The van der Waals surface area contributed by atoms with Crippen LogP contribution in [0.5, 0.6) is 0 Å². The Kier molecular flexibility index (Phi) is 4.96. The van der Waals surface area contributed by atoms with Crippen LogP contribution in [0.1, 0.15) is 31.2 Å². The van der Waals surface area contributed by atoms with Gasteiger partial charge in [0.15, 0.2) is 0 Å². The number of rotatable bonds is 5. The van der Waals surface area contributed by atoms with Gasteiger partial charge in [0, 0.05) is 0 Å². The summed E-state index contributed by atoms with van der Waals surface area (Å²) in [7, 11) is -3.34. The van der Waals surface area contributed by atoms with E-state index in [1.54, 1.807) is 0 Å². The molecule has 1 saturated carbocycles. The molecule has 19 heavy (non-hydrogen) atoms. The Morgan fingerprint density at radius 1 is 1.05 bits per heavy atom. The minimum absolute atomic E-state index is 0.174. The van der Waals surface area contributed by atoms with E-state index in [2.05, 4.69) is 0 Å². The smallest absolute Gasteiger partial charge is 0.264 e. The third-order valence-corrected chi connectivity index (χ3v) is 3.88. The third-order valence-electron chi connectivity index (χ3n) is 3.26. The van der Waals surface area contributed by atoms with Crippen LogP contribution >= 0.6 is 0 Å². The summed E-state index contributed by atoms with van der Waals surface area (Å²) in [5.74, 6) is 0. The maximum Gasteiger partial charge on any atom is 0.264 e.